The predicted molar refractivity (Wildman–Crippen MR) is 162 cm³/mol. The Morgan fingerprint density at radius 1 is 0.568 bits per heavy atom. The lowest BCUT2D eigenvalue weighted by atomic mass is 9.81. The maximum atomic E-state index is 9.83. The van der Waals surface area contributed by atoms with E-state index in [0.717, 1.165) is 0 Å². The molecule has 0 bridgehead atoms. The zero-order chi connectivity index (χ0) is 32.0. The van der Waals surface area contributed by atoms with Crippen LogP contribution in [0.25, 0.3) is 0 Å². The van der Waals surface area contributed by atoms with Crippen LogP contribution in [0.15, 0.2) is 81.5 Å². The van der Waals surface area contributed by atoms with Gasteiger partial charge in [0.2, 0.25) is 0 Å². The van der Waals surface area contributed by atoms with Crippen molar-refractivity contribution >= 4 is 0 Å². The highest BCUT2D eigenvalue weighted by molar-refractivity contribution is 5.60. The summed E-state index contributed by atoms with van der Waals surface area (Å²) in [6, 6.07) is 19.6. The molecule has 0 saturated heterocycles. The fraction of sp³-hybridized carbons (Fsp3) is 0.294. The molecule has 0 atom stereocenters. The van der Waals surface area contributed by atoms with Gasteiger partial charge in [0, 0.05) is 46.0 Å². The normalized spacial score (nSPS) is 15.4. The van der Waals surface area contributed by atoms with E-state index in [2.05, 4.69) is 34.9 Å². The molecule has 0 unspecified atom stereocenters. The van der Waals surface area contributed by atoms with Crippen LogP contribution in [-0.4, -0.2) is 27.4 Å². The van der Waals surface area contributed by atoms with Gasteiger partial charge in [0.05, 0.1) is 72.6 Å². The third-order valence-electron chi connectivity index (χ3n) is 7.66. The Balaban J connectivity index is 1.48. The topological polar surface area (TPSA) is 156 Å². The minimum Gasteiger partial charge on any atom is -0.496 e. The summed E-state index contributed by atoms with van der Waals surface area (Å²) < 4.78 is 23.1. The second-order valence-corrected chi connectivity index (χ2v) is 10.2. The van der Waals surface area contributed by atoms with Gasteiger partial charge >= 0.3 is 0 Å². The Morgan fingerprint density at radius 2 is 0.886 bits per heavy atom. The number of allylic oxidation sites excluding steroid dienone is 8. The van der Waals surface area contributed by atoms with Crippen LogP contribution in [0.3, 0.4) is 0 Å². The van der Waals surface area contributed by atoms with Crippen molar-refractivity contribution in [2.24, 2.45) is 0 Å². The van der Waals surface area contributed by atoms with E-state index in [9.17, 15) is 21.0 Å². The number of nitrogens with one attached hydrogen (secondary N) is 2. The molecule has 10 heteroatoms. The van der Waals surface area contributed by atoms with E-state index in [1.165, 1.54) is 14.2 Å². The van der Waals surface area contributed by atoms with Crippen LogP contribution < -0.4 is 29.6 Å². The van der Waals surface area contributed by atoms with Gasteiger partial charge in [0.15, 0.2) is 0 Å². The summed E-state index contributed by atoms with van der Waals surface area (Å²) in [4.78, 5) is 0. The molecule has 2 aliphatic rings. The Bertz CT molecular complexity index is 1590. The molecule has 0 aliphatic carbocycles. The van der Waals surface area contributed by atoms with Crippen molar-refractivity contribution in [3.05, 3.63) is 92.6 Å². The zero-order valence-corrected chi connectivity index (χ0v) is 25.5. The summed E-state index contributed by atoms with van der Waals surface area (Å²) in [7, 11) is 3.07. The van der Waals surface area contributed by atoms with E-state index >= 15 is 0 Å². The smallest absolute Gasteiger partial charge is 0.126 e. The van der Waals surface area contributed by atoms with Crippen molar-refractivity contribution in [2.45, 2.75) is 39.5 Å². The molecule has 0 aromatic heterocycles. The van der Waals surface area contributed by atoms with Crippen molar-refractivity contribution in [1.82, 2.24) is 10.6 Å². The zero-order valence-electron chi connectivity index (χ0n) is 25.5. The quantitative estimate of drug-likeness (QED) is 0.347. The molecule has 2 N–H and O–H groups in total. The average Bonchev–Trinajstić information content (AvgIpc) is 3.02. The van der Waals surface area contributed by atoms with Crippen molar-refractivity contribution in [1.29, 1.82) is 21.0 Å². The number of rotatable bonds is 9. The molecule has 0 amide bonds. The van der Waals surface area contributed by atoms with Gasteiger partial charge in [-0.1, -0.05) is 12.1 Å². The first-order valence-corrected chi connectivity index (χ1v) is 13.8. The Kier molecular flexibility index (Phi) is 9.49. The minimum atomic E-state index is -0.548. The first-order chi connectivity index (χ1) is 21.2. The maximum Gasteiger partial charge on any atom is 0.126 e. The average molecular weight is 589 g/mol. The van der Waals surface area contributed by atoms with Crippen molar-refractivity contribution < 1.29 is 18.9 Å². The van der Waals surface area contributed by atoms with Gasteiger partial charge in [-0.2, -0.15) is 21.0 Å². The summed E-state index contributed by atoms with van der Waals surface area (Å²) in [6.45, 7) is 7.69. The number of benzene rings is 2. The van der Waals surface area contributed by atoms with Gasteiger partial charge in [-0.05, 0) is 39.8 Å². The molecular formula is C34H32N6O4. The highest BCUT2D eigenvalue weighted by atomic mass is 16.5. The van der Waals surface area contributed by atoms with Gasteiger partial charge in [-0.25, -0.2) is 0 Å². The third kappa shape index (κ3) is 5.88. The molecule has 2 aromatic carbocycles. The fourth-order valence-electron chi connectivity index (χ4n) is 5.56. The Hall–Kier alpha value is -5.84. The molecule has 10 nitrogen and oxygen atoms in total. The number of dihydropyridines is 2. The standard InChI is InChI=1S/C34H32N6O4/c1-19-27(15-35)33(28(16-36)20(2)39-19)25-9-7-23(13-31(25)41-5)43-11-12-44-24-8-10-26(32(14-24)42-6)34-29(17-37)21(3)40-22(4)30(34)18-38/h7-10,13-14,33-34,39-40H,11-12H2,1-6H3. The van der Waals surface area contributed by atoms with Crippen molar-refractivity contribution in [3.63, 3.8) is 0 Å². The third-order valence-corrected chi connectivity index (χ3v) is 7.66. The predicted octanol–water partition coefficient (Wildman–Crippen LogP) is 5.73. The lowest BCUT2D eigenvalue weighted by molar-refractivity contribution is 0.216. The summed E-state index contributed by atoms with van der Waals surface area (Å²) in [5.41, 5.74) is 6.01. The highest BCUT2D eigenvalue weighted by Crippen LogP contribution is 2.43. The van der Waals surface area contributed by atoms with E-state index in [4.69, 9.17) is 18.9 Å². The van der Waals surface area contributed by atoms with Crippen LogP contribution >= 0.6 is 0 Å². The van der Waals surface area contributed by atoms with E-state index in [1.54, 1.807) is 24.3 Å². The van der Waals surface area contributed by atoms with E-state index < -0.39 is 11.8 Å². The van der Waals surface area contributed by atoms with E-state index in [0.29, 0.717) is 79.2 Å². The Labute approximate surface area is 257 Å². The molecule has 0 saturated carbocycles. The number of hydrogen-bond acceptors (Lipinski definition) is 10. The molecule has 2 aliphatic heterocycles. The van der Waals surface area contributed by atoms with Crippen molar-refractivity contribution in [2.75, 3.05) is 27.4 Å². The summed E-state index contributed by atoms with van der Waals surface area (Å²) >= 11 is 0. The van der Waals surface area contributed by atoms with Gasteiger partial charge in [-0.15, -0.1) is 0 Å². The van der Waals surface area contributed by atoms with E-state index in [-0.39, 0.29) is 13.2 Å². The number of nitriles is 4. The number of hydrogen-bond donors (Lipinski definition) is 2. The van der Waals surface area contributed by atoms with Crippen LogP contribution in [0.5, 0.6) is 23.0 Å². The van der Waals surface area contributed by atoms with E-state index in [1.807, 2.05) is 39.8 Å². The Morgan fingerprint density at radius 3 is 1.16 bits per heavy atom. The van der Waals surface area contributed by atoms with Crippen LogP contribution in [0.2, 0.25) is 0 Å². The number of nitrogens with zero attached hydrogens (tertiary/aromatic N) is 4. The molecule has 2 aromatic rings. The summed E-state index contributed by atoms with van der Waals surface area (Å²) in [6.07, 6.45) is 0. The molecule has 0 radical (unpaired) electrons. The van der Waals surface area contributed by atoms with Crippen LogP contribution in [0, 0.1) is 45.3 Å². The molecule has 222 valence electrons. The summed E-state index contributed by atoms with van der Waals surface area (Å²) in [5, 5.41) is 45.5. The highest BCUT2D eigenvalue weighted by Gasteiger charge is 2.33. The van der Waals surface area contributed by atoms with Crippen LogP contribution in [-0.2, 0) is 0 Å². The molecule has 44 heavy (non-hydrogen) atoms. The summed E-state index contributed by atoms with van der Waals surface area (Å²) in [5.74, 6) is 0.978. The first-order valence-electron chi connectivity index (χ1n) is 13.8. The van der Waals surface area contributed by atoms with Crippen LogP contribution in [0.1, 0.15) is 50.7 Å². The second kappa shape index (κ2) is 13.4. The minimum absolute atomic E-state index is 0.222. The first kappa shape index (κ1) is 31.1. The largest absolute Gasteiger partial charge is 0.496 e. The lowest BCUT2D eigenvalue weighted by Crippen LogP contribution is -2.23. The SMILES string of the molecule is COc1cc(OCCOc2ccc(C3C(C#N)=C(C)NC(C)=C3C#N)c(OC)c2)ccc1C1C(C#N)=C(C)NC(C)=C1C#N. The number of ether oxygens (including phenoxy) is 4. The molecular weight excluding hydrogens is 556 g/mol. The van der Waals surface area contributed by atoms with Crippen LogP contribution in [0.4, 0.5) is 0 Å². The number of methoxy groups -OCH3 is 2. The monoisotopic (exact) mass is 588 g/mol. The van der Waals surface area contributed by atoms with Gasteiger partial charge in [0.1, 0.15) is 36.2 Å². The van der Waals surface area contributed by atoms with Gasteiger partial charge in [-0.3, -0.25) is 0 Å². The van der Waals surface area contributed by atoms with Gasteiger partial charge in [0.25, 0.3) is 0 Å². The van der Waals surface area contributed by atoms with Crippen molar-refractivity contribution in [3.8, 4) is 47.3 Å². The fourth-order valence-corrected chi connectivity index (χ4v) is 5.56. The molecule has 2 heterocycles. The molecule has 0 spiro atoms. The maximum absolute atomic E-state index is 9.83. The molecule has 4 rings (SSSR count). The van der Waals surface area contributed by atoms with Gasteiger partial charge < -0.3 is 29.6 Å². The second-order valence-electron chi connectivity index (χ2n) is 10.2. The molecule has 0 fully saturated rings. The lowest BCUT2D eigenvalue weighted by Gasteiger charge is -2.27.